The molecule has 0 atom stereocenters. The molecule has 0 N–H and O–H groups in total. The lowest BCUT2D eigenvalue weighted by Gasteiger charge is -2.20. The van der Waals surface area contributed by atoms with Crippen molar-refractivity contribution in [3.05, 3.63) is 35.1 Å². The Kier molecular flexibility index (Phi) is 3.89. The summed E-state index contributed by atoms with van der Waals surface area (Å²) in [6.07, 6.45) is 3.78. The normalized spacial score (nSPS) is 16.5. The zero-order chi connectivity index (χ0) is 13.1. The van der Waals surface area contributed by atoms with Crippen molar-refractivity contribution in [2.24, 2.45) is 0 Å². The molecular formula is C13H14F3NO. The van der Waals surface area contributed by atoms with Gasteiger partial charge in [-0.25, -0.2) is 13.2 Å². The van der Waals surface area contributed by atoms with Gasteiger partial charge in [0.15, 0.2) is 17.5 Å². The molecule has 1 aliphatic heterocycles. The summed E-state index contributed by atoms with van der Waals surface area (Å²) in [6, 6.07) is 1.78. The van der Waals surface area contributed by atoms with E-state index in [1.54, 1.807) is 0 Å². The number of hydrogen-bond acceptors (Lipinski definition) is 1. The van der Waals surface area contributed by atoms with Crippen molar-refractivity contribution >= 4 is 5.91 Å². The van der Waals surface area contributed by atoms with Crippen LogP contribution in [0, 0.1) is 17.5 Å². The summed E-state index contributed by atoms with van der Waals surface area (Å²) < 4.78 is 39.4. The first-order chi connectivity index (χ1) is 8.61. The van der Waals surface area contributed by atoms with Gasteiger partial charge in [-0.1, -0.05) is 12.8 Å². The summed E-state index contributed by atoms with van der Waals surface area (Å²) in [7, 11) is 0. The Morgan fingerprint density at radius 2 is 1.56 bits per heavy atom. The predicted molar refractivity (Wildman–Crippen MR) is 60.7 cm³/mol. The van der Waals surface area contributed by atoms with Gasteiger partial charge in [0, 0.05) is 13.1 Å². The lowest BCUT2D eigenvalue weighted by Crippen LogP contribution is -2.32. The van der Waals surface area contributed by atoms with Crippen molar-refractivity contribution in [2.75, 3.05) is 13.1 Å². The van der Waals surface area contributed by atoms with Gasteiger partial charge in [0.1, 0.15) is 0 Å². The van der Waals surface area contributed by atoms with Crippen LogP contribution < -0.4 is 0 Å². The van der Waals surface area contributed by atoms with E-state index in [4.69, 9.17) is 0 Å². The number of carbonyl (C=O) groups excluding carboxylic acids is 1. The van der Waals surface area contributed by atoms with Crippen molar-refractivity contribution in [1.82, 2.24) is 4.90 Å². The van der Waals surface area contributed by atoms with Gasteiger partial charge in [-0.05, 0) is 25.0 Å². The van der Waals surface area contributed by atoms with Gasteiger partial charge in [0.2, 0.25) is 0 Å². The molecule has 0 aliphatic carbocycles. The van der Waals surface area contributed by atoms with Gasteiger partial charge >= 0.3 is 0 Å². The second-order valence-corrected chi connectivity index (χ2v) is 4.43. The van der Waals surface area contributed by atoms with Crippen LogP contribution in [0.5, 0.6) is 0 Å². The number of likely N-dealkylation sites (tertiary alicyclic amines) is 1. The van der Waals surface area contributed by atoms with Crippen LogP contribution in [0.15, 0.2) is 12.1 Å². The van der Waals surface area contributed by atoms with E-state index in [0.29, 0.717) is 13.1 Å². The number of amides is 1. The van der Waals surface area contributed by atoms with Crippen LogP contribution in [0.2, 0.25) is 0 Å². The summed E-state index contributed by atoms with van der Waals surface area (Å²) in [5, 5.41) is 0. The SMILES string of the molecule is O=C(c1ccc(F)c(F)c1F)N1CCCCCC1. The molecule has 2 rings (SSSR count). The molecule has 18 heavy (non-hydrogen) atoms. The summed E-state index contributed by atoms with van der Waals surface area (Å²) >= 11 is 0. The quantitative estimate of drug-likeness (QED) is 0.708. The second kappa shape index (κ2) is 5.42. The highest BCUT2D eigenvalue weighted by atomic mass is 19.2. The first-order valence-corrected chi connectivity index (χ1v) is 6.04. The maximum atomic E-state index is 13.5. The summed E-state index contributed by atoms with van der Waals surface area (Å²) in [4.78, 5) is 13.5. The minimum atomic E-state index is -1.59. The molecule has 0 unspecified atom stereocenters. The van der Waals surface area contributed by atoms with E-state index in [9.17, 15) is 18.0 Å². The molecule has 0 aromatic heterocycles. The number of rotatable bonds is 1. The molecule has 0 saturated carbocycles. The first kappa shape index (κ1) is 12.9. The fraction of sp³-hybridized carbons (Fsp3) is 0.462. The third-order valence-electron chi connectivity index (χ3n) is 3.16. The van der Waals surface area contributed by atoms with E-state index < -0.39 is 28.9 Å². The fourth-order valence-electron chi connectivity index (χ4n) is 2.14. The molecular weight excluding hydrogens is 243 g/mol. The Labute approximate surface area is 103 Å². The van der Waals surface area contributed by atoms with E-state index >= 15 is 0 Å². The van der Waals surface area contributed by atoms with Crippen molar-refractivity contribution in [3.8, 4) is 0 Å². The van der Waals surface area contributed by atoms with E-state index in [1.165, 1.54) is 4.90 Å². The number of hydrogen-bond donors (Lipinski definition) is 0. The molecule has 0 spiro atoms. The van der Waals surface area contributed by atoms with Gasteiger partial charge in [0.05, 0.1) is 5.56 Å². The first-order valence-electron chi connectivity index (χ1n) is 6.04. The minimum Gasteiger partial charge on any atom is -0.339 e. The largest absolute Gasteiger partial charge is 0.339 e. The standard InChI is InChI=1S/C13H14F3NO/c14-10-6-5-9(11(15)12(10)16)13(18)17-7-3-1-2-4-8-17/h5-6H,1-4,7-8H2. The summed E-state index contributed by atoms with van der Waals surface area (Å²) in [5.41, 5.74) is -0.393. The molecule has 0 radical (unpaired) electrons. The van der Waals surface area contributed by atoms with Crippen molar-refractivity contribution in [2.45, 2.75) is 25.7 Å². The van der Waals surface area contributed by atoms with Crippen LogP contribution in [0.3, 0.4) is 0 Å². The third-order valence-corrected chi connectivity index (χ3v) is 3.16. The molecule has 1 saturated heterocycles. The molecule has 5 heteroatoms. The molecule has 0 bridgehead atoms. The zero-order valence-electron chi connectivity index (χ0n) is 9.89. The Hall–Kier alpha value is -1.52. The van der Waals surface area contributed by atoms with Crippen LogP contribution in [0.25, 0.3) is 0 Å². The van der Waals surface area contributed by atoms with Gasteiger partial charge in [0.25, 0.3) is 5.91 Å². The predicted octanol–water partition coefficient (Wildman–Crippen LogP) is 3.12. The highest BCUT2D eigenvalue weighted by molar-refractivity contribution is 5.94. The molecule has 1 heterocycles. The molecule has 1 fully saturated rings. The maximum absolute atomic E-state index is 13.5. The number of carbonyl (C=O) groups is 1. The molecule has 1 aromatic rings. The highest BCUT2D eigenvalue weighted by Crippen LogP contribution is 2.19. The number of nitrogens with zero attached hydrogens (tertiary/aromatic N) is 1. The van der Waals surface area contributed by atoms with Crippen LogP contribution in [0.1, 0.15) is 36.0 Å². The molecule has 2 nitrogen and oxygen atoms in total. The Balaban J connectivity index is 2.25. The maximum Gasteiger partial charge on any atom is 0.256 e. The van der Waals surface area contributed by atoms with E-state index in [-0.39, 0.29) is 0 Å². The van der Waals surface area contributed by atoms with Crippen LogP contribution >= 0.6 is 0 Å². The van der Waals surface area contributed by atoms with Crippen LogP contribution in [-0.2, 0) is 0 Å². The van der Waals surface area contributed by atoms with Gasteiger partial charge in [-0.3, -0.25) is 4.79 Å². The van der Waals surface area contributed by atoms with E-state index in [0.717, 1.165) is 37.8 Å². The molecule has 1 aromatic carbocycles. The smallest absolute Gasteiger partial charge is 0.256 e. The van der Waals surface area contributed by atoms with Gasteiger partial charge in [-0.2, -0.15) is 0 Å². The second-order valence-electron chi connectivity index (χ2n) is 4.43. The molecule has 98 valence electrons. The number of halogens is 3. The average molecular weight is 257 g/mol. The van der Waals surface area contributed by atoms with E-state index in [2.05, 4.69) is 0 Å². The monoisotopic (exact) mass is 257 g/mol. The number of benzene rings is 1. The highest BCUT2D eigenvalue weighted by Gasteiger charge is 2.23. The van der Waals surface area contributed by atoms with Crippen molar-refractivity contribution in [1.29, 1.82) is 0 Å². The fourth-order valence-corrected chi connectivity index (χ4v) is 2.14. The third kappa shape index (κ3) is 2.49. The Morgan fingerprint density at radius 3 is 2.17 bits per heavy atom. The minimum absolute atomic E-state index is 0.393. The lowest BCUT2D eigenvalue weighted by atomic mass is 10.1. The van der Waals surface area contributed by atoms with E-state index in [1.807, 2.05) is 0 Å². The average Bonchev–Trinajstić information content (AvgIpc) is 2.64. The van der Waals surface area contributed by atoms with Gasteiger partial charge < -0.3 is 4.90 Å². The Bertz CT molecular complexity index is 454. The van der Waals surface area contributed by atoms with Crippen molar-refractivity contribution < 1.29 is 18.0 Å². The Morgan fingerprint density at radius 1 is 0.944 bits per heavy atom. The summed E-state index contributed by atoms with van der Waals surface area (Å²) in [5.74, 6) is -4.83. The zero-order valence-corrected chi connectivity index (χ0v) is 9.89. The molecule has 1 amide bonds. The molecule has 1 aliphatic rings. The summed E-state index contributed by atoms with van der Waals surface area (Å²) in [6.45, 7) is 1.08. The topological polar surface area (TPSA) is 20.3 Å². The van der Waals surface area contributed by atoms with Crippen LogP contribution in [-0.4, -0.2) is 23.9 Å². The van der Waals surface area contributed by atoms with Gasteiger partial charge in [-0.15, -0.1) is 0 Å². The van der Waals surface area contributed by atoms with Crippen molar-refractivity contribution in [3.63, 3.8) is 0 Å². The van der Waals surface area contributed by atoms with Crippen LogP contribution in [0.4, 0.5) is 13.2 Å². The lowest BCUT2D eigenvalue weighted by molar-refractivity contribution is 0.0755.